The fourth-order valence-electron chi connectivity index (χ4n) is 2.23. The minimum Gasteiger partial charge on any atom is -0.229 e. The van der Waals surface area contributed by atoms with Crippen molar-refractivity contribution in [1.29, 1.82) is 5.26 Å². The molecule has 0 saturated carbocycles. The summed E-state index contributed by atoms with van der Waals surface area (Å²) >= 11 is 0. The van der Waals surface area contributed by atoms with E-state index in [0.717, 1.165) is 0 Å². The van der Waals surface area contributed by atoms with Gasteiger partial charge in [-0.15, -0.1) is 0 Å². The molecule has 0 radical (unpaired) electrons. The third-order valence-corrected chi connectivity index (χ3v) is 7.08. The van der Waals surface area contributed by atoms with Crippen LogP contribution in [0.15, 0.2) is 23.1 Å². The molecule has 21 heavy (non-hydrogen) atoms. The summed E-state index contributed by atoms with van der Waals surface area (Å²) in [6.07, 6.45) is 0.302. The van der Waals surface area contributed by atoms with Gasteiger partial charge in [0.1, 0.15) is 0 Å². The standard InChI is InChI=1S/C13H16N2O4S2/c1-11-9-13(4-3-12(11)10-14)21(18,19)15-5-2-7-20(16,17)8-6-15/h3-4,9H,2,5-8H2,1H3. The summed E-state index contributed by atoms with van der Waals surface area (Å²) in [5, 5.41) is 8.88. The van der Waals surface area contributed by atoms with Gasteiger partial charge in [-0.3, -0.25) is 0 Å². The molecule has 1 fully saturated rings. The molecule has 1 aromatic rings. The molecule has 1 heterocycles. The van der Waals surface area contributed by atoms with Crippen molar-refractivity contribution in [3.8, 4) is 6.07 Å². The summed E-state index contributed by atoms with van der Waals surface area (Å²) in [5.41, 5.74) is 1.01. The number of sulfonamides is 1. The normalized spacial score (nSPS) is 19.6. The van der Waals surface area contributed by atoms with E-state index in [1.165, 1.54) is 22.5 Å². The molecule has 114 valence electrons. The number of rotatable bonds is 2. The second kappa shape index (κ2) is 5.75. The molecular weight excluding hydrogens is 312 g/mol. The first-order valence-electron chi connectivity index (χ1n) is 6.47. The van der Waals surface area contributed by atoms with E-state index in [1.54, 1.807) is 6.92 Å². The molecule has 1 aliphatic rings. The van der Waals surface area contributed by atoms with Crippen LogP contribution in [0, 0.1) is 18.3 Å². The van der Waals surface area contributed by atoms with E-state index in [1.807, 2.05) is 6.07 Å². The Morgan fingerprint density at radius 2 is 1.95 bits per heavy atom. The van der Waals surface area contributed by atoms with Gasteiger partial charge < -0.3 is 0 Å². The van der Waals surface area contributed by atoms with Crippen molar-refractivity contribution in [2.24, 2.45) is 0 Å². The van der Waals surface area contributed by atoms with Crippen LogP contribution in [-0.2, 0) is 19.9 Å². The number of aryl methyl sites for hydroxylation is 1. The lowest BCUT2D eigenvalue weighted by Gasteiger charge is -2.19. The average molecular weight is 328 g/mol. The van der Waals surface area contributed by atoms with Gasteiger partial charge >= 0.3 is 0 Å². The first kappa shape index (κ1) is 15.9. The maximum absolute atomic E-state index is 12.6. The van der Waals surface area contributed by atoms with Gasteiger partial charge in [0.05, 0.1) is 28.0 Å². The Morgan fingerprint density at radius 3 is 2.57 bits per heavy atom. The molecule has 0 unspecified atom stereocenters. The van der Waals surface area contributed by atoms with Crippen LogP contribution in [0.25, 0.3) is 0 Å². The number of benzene rings is 1. The zero-order valence-corrected chi connectivity index (χ0v) is 13.2. The van der Waals surface area contributed by atoms with E-state index < -0.39 is 19.9 Å². The van der Waals surface area contributed by atoms with Gasteiger partial charge in [-0.25, -0.2) is 16.8 Å². The van der Waals surface area contributed by atoms with E-state index in [4.69, 9.17) is 5.26 Å². The third kappa shape index (κ3) is 3.43. The first-order valence-corrected chi connectivity index (χ1v) is 9.74. The van der Waals surface area contributed by atoms with Crippen LogP contribution >= 0.6 is 0 Å². The Kier molecular flexibility index (Phi) is 4.37. The van der Waals surface area contributed by atoms with E-state index in [2.05, 4.69) is 0 Å². The summed E-state index contributed by atoms with van der Waals surface area (Å²) in [6, 6.07) is 6.30. The van der Waals surface area contributed by atoms with Crippen LogP contribution in [0.4, 0.5) is 0 Å². The highest BCUT2D eigenvalue weighted by molar-refractivity contribution is 7.91. The fourth-order valence-corrected chi connectivity index (χ4v) is 5.18. The number of nitriles is 1. The zero-order valence-electron chi connectivity index (χ0n) is 11.6. The van der Waals surface area contributed by atoms with Crippen molar-refractivity contribution in [1.82, 2.24) is 4.31 Å². The van der Waals surface area contributed by atoms with E-state index in [-0.39, 0.29) is 29.5 Å². The Labute approximate surface area is 125 Å². The first-order chi connectivity index (χ1) is 9.76. The molecule has 0 atom stereocenters. The quantitative estimate of drug-likeness (QED) is 0.795. The van der Waals surface area contributed by atoms with Crippen molar-refractivity contribution in [2.45, 2.75) is 18.2 Å². The Hall–Kier alpha value is -1.43. The van der Waals surface area contributed by atoms with E-state index in [9.17, 15) is 16.8 Å². The molecule has 0 amide bonds. The molecule has 1 aliphatic heterocycles. The lowest BCUT2D eigenvalue weighted by molar-refractivity contribution is 0.434. The molecule has 0 aliphatic carbocycles. The van der Waals surface area contributed by atoms with Gasteiger partial charge in [0, 0.05) is 13.1 Å². The largest absolute Gasteiger partial charge is 0.243 e. The van der Waals surface area contributed by atoms with Gasteiger partial charge in [-0.1, -0.05) is 0 Å². The molecule has 8 heteroatoms. The molecule has 0 N–H and O–H groups in total. The van der Waals surface area contributed by atoms with Gasteiger partial charge in [-0.05, 0) is 37.1 Å². The lowest BCUT2D eigenvalue weighted by Crippen LogP contribution is -2.33. The van der Waals surface area contributed by atoms with Crippen LogP contribution < -0.4 is 0 Å². The lowest BCUT2D eigenvalue weighted by atomic mass is 10.1. The number of nitrogens with zero attached hydrogens (tertiary/aromatic N) is 2. The Bertz CT molecular complexity index is 792. The summed E-state index contributed by atoms with van der Waals surface area (Å²) in [6.45, 7) is 1.84. The highest BCUT2D eigenvalue weighted by atomic mass is 32.2. The summed E-state index contributed by atoms with van der Waals surface area (Å²) in [4.78, 5) is 0.0956. The van der Waals surface area contributed by atoms with Crippen LogP contribution in [0.5, 0.6) is 0 Å². The predicted molar refractivity (Wildman–Crippen MR) is 77.9 cm³/mol. The van der Waals surface area contributed by atoms with Crippen molar-refractivity contribution >= 4 is 19.9 Å². The SMILES string of the molecule is Cc1cc(S(=O)(=O)N2CCCS(=O)(=O)CC2)ccc1C#N. The molecule has 2 rings (SSSR count). The molecule has 0 bridgehead atoms. The molecule has 6 nitrogen and oxygen atoms in total. The monoisotopic (exact) mass is 328 g/mol. The third-order valence-electron chi connectivity index (χ3n) is 3.47. The van der Waals surface area contributed by atoms with Crippen molar-refractivity contribution < 1.29 is 16.8 Å². The second-order valence-corrected chi connectivity index (χ2v) is 9.24. The van der Waals surface area contributed by atoms with Crippen molar-refractivity contribution in [3.05, 3.63) is 29.3 Å². The fraction of sp³-hybridized carbons (Fsp3) is 0.462. The van der Waals surface area contributed by atoms with E-state index >= 15 is 0 Å². The minimum atomic E-state index is -3.72. The highest BCUT2D eigenvalue weighted by Gasteiger charge is 2.29. The summed E-state index contributed by atoms with van der Waals surface area (Å²) in [5.74, 6) is -0.132. The van der Waals surface area contributed by atoms with Crippen molar-refractivity contribution in [2.75, 3.05) is 24.6 Å². The topological polar surface area (TPSA) is 95.3 Å². The van der Waals surface area contributed by atoms with Crippen molar-refractivity contribution in [3.63, 3.8) is 0 Å². The molecule has 0 spiro atoms. The molecule has 1 saturated heterocycles. The average Bonchev–Trinajstić information content (AvgIpc) is 2.60. The van der Waals surface area contributed by atoms with Crippen LogP contribution in [0.2, 0.25) is 0 Å². The second-order valence-electron chi connectivity index (χ2n) is 5.00. The van der Waals surface area contributed by atoms with Crippen LogP contribution in [-0.4, -0.2) is 45.7 Å². The van der Waals surface area contributed by atoms with Gasteiger partial charge in [-0.2, -0.15) is 9.57 Å². The smallest absolute Gasteiger partial charge is 0.229 e. The summed E-state index contributed by atoms with van der Waals surface area (Å²) < 4.78 is 49.4. The Balaban J connectivity index is 2.34. The number of sulfone groups is 1. The van der Waals surface area contributed by atoms with Gasteiger partial charge in [0.25, 0.3) is 0 Å². The molecule has 1 aromatic carbocycles. The number of hydrogen-bond donors (Lipinski definition) is 0. The van der Waals surface area contributed by atoms with Gasteiger partial charge in [0.15, 0.2) is 9.84 Å². The maximum Gasteiger partial charge on any atom is 0.243 e. The van der Waals surface area contributed by atoms with E-state index in [0.29, 0.717) is 17.5 Å². The van der Waals surface area contributed by atoms with Gasteiger partial charge in [0.2, 0.25) is 10.0 Å². The van der Waals surface area contributed by atoms with Crippen LogP contribution in [0.3, 0.4) is 0 Å². The maximum atomic E-state index is 12.6. The highest BCUT2D eigenvalue weighted by Crippen LogP contribution is 2.21. The van der Waals surface area contributed by atoms with Crippen LogP contribution in [0.1, 0.15) is 17.5 Å². The summed E-state index contributed by atoms with van der Waals surface area (Å²) in [7, 11) is -6.89. The Morgan fingerprint density at radius 1 is 1.24 bits per heavy atom. The molecular formula is C13H16N2O4S2. The predicted octanol–water partition coefficient (Wildman–Crippen LogP) is 0.676. The zero-order chi connectivity index (χ0) is 15.7. The minimum absolute atomic E-state index is 0.0193. The molecule has 0 aromatic heterocycles. The number of hydrogen-bond acceptors (Lipinski definition) is 5.